The quantitative estimate of drug-likeness (QED) is 0.750. The normalized spacial score (nSPS) is 11.7. The zero-order chi connectivity index (χ0) is 16.5. The van der Waals surface area contributed by atoms with Crippen LogP contribution in [0.2, 0.25) is 0 Å². The Kier molecular flexibility index (Phi) is 6.35. The summed E-state index contributed by atoms with van der Waals surface area (Å²) < 4.78 is 6.79. The Morgan fingerprint density at radius 2 is 1.96 bits per heavy atom. The first-order valence-corrected chi connectivity index (χ1v) is 7.56. The average molecular weight is 315 g/mol. The molecule has 0 radical (unpaired) electrons. The molecule has 6 nitrogen and oxygen atoms in total. The zero-order valence-corrected chi connectivity index (χ0v) is 13.1. The first-order chi connectivity index (χ1) is 11.2. The third kappa shape index (κ3) is 5.58. The van der Waals surface area contributed by atoms with Crippen molar-refractivity contribution in [3.63, 3.8) is 0 Å². The summed E-state index contributed by atoms with van der Waals surface area (Å²) in [5, 5.41) is 2.75. The van der Waals surface area contributed by atoms with Crippen LogP contribution >= 0.6 is 0 Å². The van der Waals surface area contributed by atoms with Crippen LogP contribution in [0.3, 0.4) is 0 Å². The zero-order valence-electron chi connectivity index (χ0n) is 13.1. The highest BCUT2D eigenvalue weighted by molar-refractivity contribution is 5.84. The van der Waals surface area contributed by atoms with Crippen LogP contribution in [0.4, 0.5) is 0 Å². The number of aryl methyl sites for hydroxylation is 1. The molecule has 2 aromatic rings. The summed E-state index contributed by atoms with van der Waals surface area (Å²) in [6, 6.07) is 6.84. The highest BCUT2D eigenvalue weighted by Crippen LogP contribution is 2.05. The summed E-state index contributed by atoms with van der Waals surface area (Å²) in [7, 11) is 1.32. The summed E-state index contributed by atoms with van der Waals surface area (Å²) >= 11 is 0. The van der Waals surface area contributed by atoms with Crippen LogP contribution in [0.15, 0.2) is 49.1 Å². The lowest BCUT2D eigenvalue weighted by Crippen LogP contribution is -2.43. The van der Waals surface area contributed by atoms with Gasteiger partial charge in [-0.15, -0.1) is 0 Å². The molecule has 2 heterocycles. The van der Waals surface area contributed by atoms with Crippen LogP contribution < -0.4 is 5.32 Å². The second kappa shape index (κ2) is 8.73. The highest BCUT2D eigenvalue weighted by Gasteiger charge is 2.21. The molecule has 0 aliphatic heterocycles. The molecular weight excluding hydrogens is 294 g/mol. The number of rotatable bonds is 8. The highest BCUT2D eigenvalue weighted by atomic mass is 16.5. The second-order valence-corrected chi connectivity index (χ2v) is 5.23. The molecule has 2 rings (SSSR count). The van der Waals surface area contributed by atoms with Crippen LogP contribution in [0.5, 0.6) is 0 Å². The summed E-state index contributed by atoms with van der Waals surface area (Å²) in [5.41, 5.74) is 0.919. The summed E-state index contributed by atoms with van der Waals surface area (Å²) in [6.45, 7) is 0.771. The smallest absolute Gasteiger partial charge is 0.328 e. The molecule has 0 spiro atoms. The van der Waals surface area contributed by atoms with E-state index in [0.717, 1.165) is 12.1 Å². The lowest BCUT2D eigenvalue weighted by Gasteiger charge is -2.16. The Morgan fingerprint density at radius 1 is 1.26 bits per heavy atom. The van der Waals surface area contributed by atoms with E-state index >= 15 is 0 Å². The number of nitrogens with zero attached hydrogens (tertiary/aromatic N) is 2. The molecule has 23 heavy (non-hydrogen) atoms. The van der Waals surface area contributed by atoms with Crippen molar-refractivity contribution in [1.82, 2.24) is 14.9 Å². The Bertz CT molecular complexity index is 611. The molecule has 0 aromatic carbocycles. The number of methoxy groups -OCH3 is 1. The first-order valence-electron chi connectivity index (χ1n) is 7.56. The van der Waals surface area contributed by atoms with Crippen LogP contribution in [-0.2, 0) is 27.3 Å². The number of amides is 1. The molecule has 6 heteroatoms. The molecule has 0 bridgehead atoms. The molecule has 1 N–H and O–H groups in total. The van der Waals surface area contributed by atoms with Gasteiger partial charge >= 0.3 is 5.97 Å². The van der Waals surface area contributed by atoms with E-state index in [4.69, 9.17) is 4.74 Å². The van der Waals surface area contributed by atoms with Gasteiger partial charge in [-0.1, -0.05) is 0 Å². The number of aromatic nitrogens is 2. The molecular formula is C17H21N3O3. The molecule has 122 valence electrons. The SMILES string of the molecule is COC(=O)C(Cc1ccncc1)NC(=O)CCCn1cccc1. The molecule has 1 atom stereocenters. The van der Waals surface area contributed by atoms with Gasteiger partial charge in [-0.25, -0.2) is 4.79 Å². The predicted molar refractivity (Wildman–Crippen MR) is 85.6 cm³/mol. The van der Waals surface area contributed by atoms with E-state index in [2.05, 4.69) is 10.3 Å². The van der Waals surface area contributed by atoms with Gasteiger partial charge in [0.1, 0.15) is 6.04 Å². The van der Waals surface area contributed by atoms with E-state index in [1.54, 1.807) is 12.4 Å². The largest absolute Gasteiger partial charge is 0.467 e. The topological polar surface area (TPSA) is 73.2 Å². The van der Waals surface area contributed by atoms with Crippen LogP contribution in [-0.4, -0.2) is 34.6 Å². The van der Waals surface area contributed by atoms with Crippen molar-refractivity contribution in [3.8, 4) is 0 Å². The number of pyridine rings is 1. The van der Waals surface area contributed by atoms with E-state index in [0.29, 0.717) is 19.3 Å². The van der Waals surface area contributed by atoms with Crippen LogP contribution in [0.25, 0.3) is 0 Å². The van der Waals surface area contributed by atoms with Gasteiger partial charge in [-0.05, 0) is 36.2 Å². The Balaban J connectivity index is 1.84. The molecule has 0 aliphatic carbocycles. The minimum atomic E-state index is -0.679. The molecule has 0 aliphatic rings. The fraction of sp³-hybridized carbons (Fsp3) is 0.353. The number of hydrogen-bond acceptors (Lipinski definition) is 4. The van der Waals surface area contributed by atoms with Crippen molar-refractivity contribution in [2.24, 2.45) is 0 Å². The van der Waals surface area contributed by atoms with Crippen molar-refractivity contribution in [3.05, 3.63) is 54.6 Å². The number of nitrogens with one attached hydrogen (secondary N) is 1. The van der Waals surface area contributed by atoms with Gasteiger partial charge in [0.15, 0.2) is 0 Å². The Morgan fingerprint density at radius 3 is 2.61 bits per heavy atom. The maximum Gasteiger partial charge on any atom is 0.328 e. The maximum atomic E-state index is 12.1. The van der Waals surface area contributed by atoms with Crippen molar-refractivity contribution in [2.45, 2.75) is 31.8 Å². The first kappa shape index (κ1) is 16.7. The minimum absolute atomic E-state index is 0.151. The van der Waals surface area contributed by atoms with E-state index in [1.165, 1.54) is 7.11 Å². The van der Waals surface area contributed by atoms with Crippen molar-refractivity contribution in [1.29, 1.82) is 0 Å². The van der Waals surface area contributed by atoms with E-state index < -0.39 is 12.0 Å². The van der Waals surface area contributed by atoms with Crippen molar-refractivity contribution in [2.75, 3.05) is 7.11 Å². The molecule has 0 fully saturated rings. The average Bonchev–Trinajstić information content (AvgIpc) is 3.08. The lowest BCUT2D eigenvalue weighted by atomic mass is 10.1. The fourth-order valence-electron chi connectivity index (χ4n) is 2.30. The Labute approximate surface area is 135 Å². The maximum absolute atomic E-state index is 12.1. The predicted octanol–water partition coefficient (Wildman–Crippen LogP) is 1.56. The number of carbonyl (C=O) groups excluding carboxylic acids is 2. The van der Waals surface area contributed by atoms with Gasteiger partial charge < -0.3 is 14.6 Å². The van der Waals surface area contributed by atoms with Crippen molar-refractivity contribution < 1.29 is 14.3 Å². The van der Waals surface area contributed by atoms with Gasteiger partial charge in [-0.2, -0.15) is 0 Å². The second-order valence-electron chi connectivity index (χ2n) is 5.23. The minimum Gasteiger partial charge on any atom is -0.467 e. The lowest BCUT2D eigenvalue weighted by molar-refractivity contribution is -0.145. The molecule has 0 saturated heterocycles. The summed E-state index contributed by atoms with van der Waals surface area (Å²) in [5.74, 6) is -0.595. The van der Waals surface area contributed by atoms with Crippen molar-refractivity contribution >= 4 is 11.9 Å². The molecule has 0 saturated carbocycles. The molecule has 1 unspecified atom stereocenters. The van der Waals surface area contributed by atoms with Gasteiger partial charge in [0, 0.05) is 44.2 Å². The summed E-state index contributed by atoms with van der Waals surface area (Å²) in [6.07, 6.45) is 8.69. The van der Waals surface area contributed by atoms with E-state index in [1.807, 2.05) is 41.2 Å². The number of esters is 1. The third-order valence-electron chi connectivity index (χ3n) is 3.50. The molecule has 1 amide bonds. The van der Waals surface area contributed by atoms with E-state index in [9.17, 15) is 9.59 Å². The van der Waals surface area contributed by atoms with Gasteiger partial charge in [0.25, 0.3) is 0 Å². The van der Waals surface area contributed by atoms with Gasteiger partial charge in [0.2, 0.25) is 5.91 Å². The van der Waals surface area contributed by atoms with Crippen LogP contribution in [0, 0.1) is 0 Å². The summed E-state index contributed by atoms with van der Waals surface area (Å²) in [4.78, 5) is 27.8. The number of hydrogen-bond donors (Lipinski definition) is 1. The van der Waals surface area contributed by atoms with Crippen LogP contribution in [0.1, 0.15) is 18.4 Å². The van der Waals surface area contributed by atoms with Gasteiger partial charge in [0.05, 0.1) is 7.11 Å². The number of ether oxygens (including phenoxy) is 1. The van der Waals surface area contributed by atoms with E-state index in [-0.39, 0.29) is 5.91 Å². The van der Waals surface area contributed by atoms with Gasteiger partial charge in [-0.3, -0.25) is 9.78 Å². The Hall–Kier alpha value is -2.63. The monoisotopic (exact) mass is 315 g/mol. The molecule has 2 aromatic heterocycles. The standard InChI is InChI=1S/C17H21N3O3/c1-23-17(22)15(13-14-6-8-18-9-7-14)19-16(21)5-4-12-20-10-2-3-11-20/h2-3,6-11,15H,4-5,12-13H2,1H3,(H,19,21). The number of carbonyl (C=O) groups is 2. The fourth-order valence-corrected chi connectivity index (χ4v) is 2.30. The third-order valence-corrected chi connectivity index (χ3v) is 3.50.